The molecule has 1 saturated heterocycles. The van der Waals surface area contributed by atoms with Gasteiger partial charge in [-0.1, -0.05) is 31.0 Å². The van der Waals surface area contributed by atoms with Gasteiger partial charge in [-0.05, 0) is 19.3 Å². The molecule has 0 spiro atoms. The number of thioether (sulfide) groups is 1. The van der Waals surface area contributed by atoms with Crippen molar-refractivity contribution in [3.05, 3.63) is 5.82 Å². The van der Waals surface area contributed by atoms with Crippen LogP contribution < -0.4 is 0 Å². The zero-order valence-corrected chi connectivity index (χ0v) is 17.1. The zero-order valence-electron chi connectivity index (χ0n) is 15.5. The molecule has 158 valence electrons. The molecule has 1 aromatic rings. The number of amides is 1. The lowest BCUT2D eigenvalue weighted by Crippen LogP contribution is -2.49. The summed E-state index contributed by atoms with van der Waals surface area (Å²) in [5.74, 6) is -1.44. The van der Waals surface area contributed by atoms with E-state index in [4.69, 9.17) is 0 Å². The summed E-state index contributed by atoms with van der Waals surface area (Å²) in [6, 6.07) is -0.364. The minimum Gasteiger partial charge on any atom is -0.335 e. The Labute approximate surface area is 166 Å². The molecule has 28 heavy (non-hydrogen) atoms. The molecule has 0 radical (unpaired) electrons. The van der Waals surface area contributed by atoms with Crippen LogP contribution in [0.3, 0.4) is 0 Å². The van der Waals surface area contributed by atoms with Crippen LogP contribution in [-0.2, 0) is 27.9 Å². The third-order valence-electron chi connectivity index (χ3n) is 5.27. The Hall–Kier alpha value is -1.30. The Kier molecular flexibility index (Phi) is 6.28. The molecule has 0 bridgehead atoms. The highest BCUT2D eigenvalue weighted by atomic mass is 32.2. The minimum atomic E-state index is -4.61. The molecule has 3 rings (SSSR count). The number of hydrogen-bond acceptors (Lipinski definition) is 6. The standard InChI is InChI=1S/C16H23F3N4O3S2/c1-22-14(16(17,18)19)20-21-15(22)27-9-13(24)23(11-5-3-2-4-6-11)12-7-8-28(25,26)10-12/h11-12H,2-10H2,1H3. The average Bonchev–Trinajstić information content (AvgIpc) is 3.16. The lowest BCUT2D eigenvalue weighted by molar-refractivity contribution is -0.147. The van der Waals surface area contributed by atoms with Crippen LogP contribution in [0.4, 0.5) is 13.2 Å². The molecule has 2 fully saturated rings. The van der Waals surface area contributed by atoms with E-state index in [2.05, 4.69) is 10.2 Å². The van der Waals surface area contributed by atoms with Crippen LogP contribution >= 0.6 is 11.8 Å². The number of hydrogen-bond donors (Lipinski definition) is 0. The lowest BCUT2D eigenvalue weighted by atomic mass is 9.93. The Morgan fingerprint density at radius 1 is 1.18 bits per heavy atom. The fourth-order valence-corrected chi connectivity index (χ4v) is 6.44. The van der Waals surface area contributed by atoms with E-state index in [-0.39, 0.29) is 40.4 Å². The smallest absolute Gasteiger partial charge is 0.335 e. The van der Waals surface area contributed by atoms with Gasteiger partial charge in [-0.2, -0.15) is 13.2 Å². The molecule has 1 aromatic heterocycles. The van der Waals surface area contributed by atoms with E-state index in [1.807, 2.05) is 0 Å². The van der Waals surface area contributed by atoms with Crippen LogP contribution in [0.15, 0.2) is 5.16 Å². The van der Waals surface area contributed by atoms with Gasteiger partial charge in [0.15, 0.2) is 15.0 Å². The Morgan fingerprint density at radius 2 is 1.86 bits per heavy atom. The van der Waals surface area contributed by atoms with Crippen molar-refractivity contribution in [2.45, 2.75) is 61.9 Å². The predicted octanol–water partition coefficient (Wildman–Crippen LogP) is 2.27. The predicted molar refractivity (Wildman–Crippen MR) is 97.5 cm³/mol. The fourth-order valence-electron chi connectivity index (χ4n) is 3.95. The number of carbonyl (C=O) groups is 1. The summed E-state index contributed by atoms with van der Waals surface area (Å²) in [6.45, 7) is 0. The van der Waals surface area contributed by atoms with Crippen molar-refractivity contribution >= 4 is 27.5 Å². The maximum atomic E-state index is 13.0. The van der Waals surface area contributed by atoms with Gasteiger partial charge < -0.3 is 9.47 Å². The summed E-state index contributed by atoms with van der Waals surface area (Å²) in [4.78, 5) is 14.7. The van der Waals surface area contributed by atoms with Crippen molar-refractivity contribution in [2.24, 2.45) is 7.05 Å². The van der Waals surface area contributed by atoms with E-state index in [9.17, 15) is 26.4 Å². The van der Waals surface area contributed by atoms with Crippen molar-refractivity contribution in [1.29, 1.82) is 0 Å². The van der Waals surface area contributed by atoms with E-state index in [1.165, 1.54) is 7.05 Å². The highest BCUT2D eigenvalue weighted by molar-refractivity contribution is 7.99. The SMILES string of the molecule is Cn1c(SCC(=O)N(C2CCCCC2)C2CCS(=O)(=O)C2)nnc1C(F)(F)F. The highest BCUT2D eigenvalue weighted by Crippen LogP contribution is 2.31. The molecule has 1 unspecified atom stereocenters. The maximum absolute atomic E-state index is 13.0. The second kappa shape index (κ2) is 8.21. The fraction of sp³-hybridized carbons (Fsp3) is 0.812. The number of carbonyl (C=O) groups excluding carboxylic acids is 1. The maximum Gasteiger partial charge on any atom is 0.451 e. The highest BCUT2D eigenvalue weighted by Gasteiger charge is 2.39. The summed E-state index contributed by atoms with van der Waals surface area (Å²) in [5.41, 5.74) is 0. The van der Waals surface area contributed by atoms with E-state index in [0.29, 0.717) is 6.42 Å². The average molecular weight is 441 g/mol. The van der Waals surface area contributed by atoms with Crippen LogP contribution in [0, 0.1) is 0 Å². The van der Waals surface area contributed by atoms with Crippen molar-refractivity contribution in [3.63, 3.8) is 0 Å². The molecule has 1 aliphatic carbocycles. The van der Waals surface area contributed by atoms with Crippen molar-refractivity contribution in [1.82, 2.24) is 19.7 Å². The largest absolute Gasteiger partial charge is 0.451 e. The molecular formula is C16H23F3N4O3S2. The van der Waals surface area contributed by atoms with Gasteiger partial charge in [-0.15, -0.1) is 10.2 Å². The van der Waals surface area contributed by atoms with E-state index in [0.717, 1.165) is 48.4 Å². The van der Waals surface area contributed by atoms with Crippen LogP contribution in [0.5, 0.6) is 0 Å². The Morgan fingerprint density at radius 3 is 2.39 bits per heavy atom. The topological polar surface area (TPSA) is 85.2 Å². The summed E-state index contributed by atoms with van der Waals surface area (Å²) in [6.07, 6.45) is 0.520. The van der Waals surface area contributed by atoms with E-state index < -0.39 is 21.8 Å². The molecule has 0 N–H and O–H groups in total. The third-order valence-corrected chi connectivity index (χ3v) is 8.03. The monoisotopic (exact) mass is 440 g/mol. The molecule has 2 aliphatic rings. The number of alkyl halides is 3. The van der Waals surface area contributed by atoms with Gasteiger partial charge in [-0.25, -0.2) is 8.42 Å². The van der Waals surface area contributed by atoms with Gasteiger partial charge in [0.2, 0.25) is 11.7 Å². The molecule has 1 saturated carbocycles. The summed E-state index contributed by atoms with van der Waals surface area (Å²) >= 11 is 0.892. The number of sulfone groups is 1. The number of aromatic nitrogens is 3. The van der Waals surface area contributed by atoms with Crippen molar-refractivity contribution in [3.8, 4) is 0 Å². The molecule has 12 heteroatoms. The normalized spacial score (nSPS) is 23.1. The van der Waals surface area contributed by atoms with Crippen LogP contribution in [0.2, 0.25) is 0 Å². The number of nitrogens with zero attached hydrogens (tertiary/aromatic N) is 4. The quantitative estimate of drug-likeness (QED) is 0.653. The summed E-state index contributed by atoms with van der Waals surface area (Å²) < 4.78 is 63.2. The van der Waals surface area contributed by atoms with Gasteiger partial charge in [0.05, 0.1) is 17.3 Å². The molecule has 1 atom stereocenters. The van der Waals surface area contributed by atoms with Gasteiger partial charge in [0, 0.05) is 19.1 Å². The summed E-state index contributed by atoms with van der Waals surface area (Å²) in [5, 5.41) is 6.70. The van der Waals surface area contributed by atoms with Crippen LogP contribution in [-0.4, -0.2) is 63.3 Å². The first-order valence-corrected chi connectivity index (χ1v) is 12.0. The Bertz CT molecular complexity index is 820. The molecule has 1 aliphatic heterocycles. The third kappa shape index (κ3) is 4.81. The van der Waals surface area contributed by atoms with Gasteiger partial charge in [0.1, 0.15) is 0 Å². The first-order chi connectivity index (χ1) is 13.1. The van der Waals surface area contributed by atoms with Crippen LogP contribution in [0.25, 0.3) is 0 Å². The lowest BCUT2D eigenvalue weighted by Gasteiger charge is -2.38. The Balaban J connectivity index is 1.72. The number of rotatable bonds is 5. The zero-order chi connectivity index (χ0) is 20.5. The van der Waals surface area contributed by atoms with Gasteiger partial charge >= 0.3 is 6.18 Å². The van der Waals surface area contributed by atoms with Gasteiger partial charge in [0.25, 0.3) is 0 Å². The van der Waals surface area contributed by atoms with Gasteiger partial charge in [-0.3, -0.25) is 4.79 Å². The van der Waals surface area contributed by atoms with Crippen molar-refractivity contribution in [2.75, 3.05) is 17.3 Å². The second-order valence-corrected chi connectivity index (χ2v) is 10.5. The molecule has 7 nitrogen and oxygen atoms in total. The van der Waals surface area contributed by atoms with E-state index in [1.54, 1.807) is 4.90 Å². The van der Waals surface area contributed by atoms with E-state index >= 15 is 0 Å². The first kappa shape index (κ1) is 21.4. The second-order valence-electron chi connectivity index (χ2n) is 7.30. The molecule has 2 heterocycles. The van der Waals surface area contributed by atoms with Crippen LogP contribution in [0.1, 0.15) is 44.3 Å². The molecule has 0 aromatic carbocycles. The molecular weight excluding hydrogens is 417 g/mol. The van der Waals surface area contributed by atoms with Crippen molar-refractivity contribution < 1.29 is 26.4 Å². The first-order valence-electron chi connectivity index (χ1n) is 9.19. The summed E-state index contributed by atoms with van der Waals surface area (Å²) in [7, 11) is -1.95. The number of halogens is 3. The molecule has 1 amide bonds. The minimum absolute atomic E-state index is 0.00307.